The van der Waals surface area contributed by atoms with Crippen LogP contribution >= 0.6 is 0 Å². The molecule has 2 aliphatic rings. The molecule has 0 aliphatic carbocycles. The quantitative estimate of drug-likeness (QED) is 0.773. The topological polar surface area (TPSA) is 72.4 Å². The van der Waals surface area contributed by atoms with Gasteiger partial charge in [-0.25, -0.2) is 4.90 Å². The average molecular weight is 319 g/mol. The number of nitrogens with two attached hydrogens (primary N) is 1. The number of amides is 2. The van der Waals surface area contributed by atoms with Crippen LogP contribution in [0.2, 0.25) is 0 Å². The molecule has 2 N–H and O–H groups in total. The van der Waals surface area contributed by atoms with E-state index in [2.05, 4.69) is 0 Å². The number of anilines is 1. The number of carbonyl (C=O) groups is 2. The summed E-state index contributed by atoms with van der Waals surface area (Å²) in [6.07, 6.45) is 2.57. The van der Waals surface area contributed by atoms with Gasteiger partial charge in [0.25, 0.3) is 5.91 Å². The Morgan fingerprint density at radius 3 is 2.74 bits per heavy atom. The minimum absolute atomic E-state index is 0.142. The highest BCUT2D eigenvalue weighted by Gasteiger charge is 2.42. The van der Waals surface area contributed by atoms with E-state index in [-0.39, 0.29) is 30.4 Å². The molecule has 2 fully saturated rings. The first-order valence-corrected chi connectivity index (χ1v) is 8.23. The van der Waals surface area contributed by atoms with Crippen molar-refractivity contribution in [2.24, 2.45) is 0 Å². The second-order valence-corrected chi connectivity index (χ2v) is 5.91. The van der Waals surface area contributed by atoms with E-state index in [9.17, 15) is 9.59 Å². The molecule has 1 aromatic rings. The van der Waals surface area contributed by atoms with Crippen LogP contribution in [0.25, 0.3) is 0 Å². The van der Waals surface area contributed by atoms with Crippen LogP contribution in [0.5, 0.6) is 5.75 Å². The van der Waals surface area contributed by atoms with Gasteiger partial charge in [0.1, 0.15) is 18.4 Å². The summed E-state index contributed by atoms with van der Waals surface area (Å²) in [7, 11) is 0. The SMILES string of the molecule is CCOc1ccc(N2C(=O)C[C@H]([NH2+]C[C@H]3CCCO3)C2=O)cc1. The van der Waals surface area contributed by atoms with Gasteiger partial charge in [0.15, 0.2) is 6.04 Å². The second-order valence-electron chi connectivity index (χ2n) is 5.91. The van der Waals surface area contributed by atoms with Gasteiger partial charge in [-0.05, 0) is 44.0 Å². The van der Waals surface area contributed by atoms with E-state index >= 15 is 0 Å². The van der Waals surface area contributed by atoms with Gasteiger partial charge >= 0.3 is 0 Å². The zero-order valence-corrected chi connectivity index (χ0v) is 13.4. The number of ether oxygens (including phenoxy) is 2. The molecule has 6 nitrogen and oxygen atoms in total. The fourth-order valence-electron chi connectivity index (χ4n) is 3.12. The van der Waals surface area contributed by atoms with E-state index in [1.807, 2.05) is 12.2 Å². The molecule has 0 aromatic heterocycles. The minimum atomic E-state index is -0.335. The lowest BCUT2D eigenvalue weighted by molar-refractivity contribution is -0.680. The Balaban J connectivity index is 1.63. The van der Waals surface area contributed by atoms with Crippen molar-refractivity contribution in [1.82, 2.24) is 0 Å². The van der Waals surface area contributed by atoms with E-state index in [1.165, 1.54) is 4.90 Å². The number of imide groups is 1. The van der Waals surface area contributed by atoms with Gasteiger partial charge in [-0.3, -0.25) is 9.59 Å². The number of rotatable bonds is 6. The summed E-state index contributed by atoms with van der Waals surface area (Å²) in [6.45, 7) is 4.03. The fourth-order valence-corrected chi connectivity index (χ4v) is 3.12. The van der Waals surface area contributed by atoms with Crippen LogP contribution in [-0.2, 0) is 14.3 Å². The molecule has 2 aliphatic heterocycles. The molecular weight excluding hydrogens is 296 g/mol. The monoisotopic (exact) mass is 319 g/mol. The van der Waals surface area contributed by atoms with Crippen molar-refractivity contribution < 1.29 is 24.4 Å². The van der Waals surface area contributed by atoms with Gasteiger partial charge in [-0.1, -0.05) is 0 Å². The number of hydrogen-bond donors (Lipinski definition) is 1. The van der Waals surface area contributed by atoms with Gasteiger partial charge in [0.05, 0.1) is 18.7 Å². The molecule has 1 aromatic carbocycles. The van der Waals surface area contributed by atoms with Crippen molar-refractivity contribution in [2.45, 2.75) is 38.3 Å². The Kier molecular flexibility index (Phi) is 4.93. The van der Waals surface area contributed by atoms with Crippen molar-refractivity contribution >= 4 is 17.5 Å². The molecule has 0 radical (unpaired) electrons. The van der Waals surface area contributed by atoms with Crippen LogP contribution in [0.4, 0.5) is 5.69 Å². The Hall–Kier alpha value is -1.92. The molecule has 2 heterocycles. The number of benzene rings is 1. The maximum absolute atomic E-state index is 12.5. The molecule has 0 saturated carbocycles. The standard InChI is InChI=1S/C17H22N2O4/c1-2-22-13-7-5-12(6-8-13)19-16(20)10-15(17(19)21)18-11-14-4-3-9-23-14/h5-8,14-15,18H,2-4,9-11H2,1H3/p+1/t14-,15+/m1/s1. The Morgan fingerprint density at radius 1 is 1.30 bits per heavy atom. The Morgan fingerprint density at radius 2 is 2.09 bits per heavy atom. The summed E-state index contributed by atoms with van der Waals surface area (Å²) in [6, 6.07) is 6.73. The third-order valence-corrected chi connectivity index (χ3v) is 4.29. The summed E-state index contributed by atoms with van der Waals surface area (Å²) in [5.41, 5.74) is 0.608. The Bertz CT molecular complexity index is 566. The maximum Gasteiger partial charge on any atom is 0.292 e. The van der Waals surface area contributed by atoms with Gasteiger partial charge < -0.3 is 14.8 Å². The zero-order chi connectivity index (χ0) is 16.2. The fraction of sp³-hybridized carbons (Fsp3) is 0.529. The lowest BCUT2D eigenvalue weighted by Crippen LogP contribution is -2.93. The third kappa shape index (κ3) is 3.54. The first kappa shape index (κ1) is 16.0. The molecule has 2 atom stereocenters. The third-order valence-electron chi connectivity index (χ3n) is 4.29. The van der Waals surface area contributed by atoms with Crippen LogP contribution < -0.4 is 15.0 Å². The smallest absolute Gasteiger partial charge is 0.292 e. The number of hydrogen-bond acceptors (Lipinski definition) is 4. The maximum atomic E-state index is 12.5. The van der Waals surface area contributed by atoms with Crippen molar-refractivity contribution in [3.63, 3.8) is 0 Å². The van der Waals surface area contributed by atoms with Crippen molar-refractivity contribution in [3.8, 4) is 5.75 Å². The molecule has 2 saturated heterocycles. The highest BCUT2D eigenvalue weighted by Crippen LogP contribution is 2.24. The van der Waals surface area contributed by atoms with Crippen molar-refractivity contribution in [1.29, 1.82) is 0 Å². The highest BCUT2D eigenvalue weighted by molar-refractivity contribution is 6.21. The molecular formula is C17H23N2O4+. The van der Waals surface area contributed by atoms with Crippen LogP contribution in [0.15, 0.2) is 24.3 Å². The summed E-state index contributed by atoms with van der Waals surface area (Å²) in [5, 5.41) is 1.95. The van der Waals surface area contributed by atoms with Gasteiger partial charge in [-0.2, -0.15) is 0 Å². The predicted molar refractivity (Wildman–Crippen MR) is 84.3 cm³/mol. The average Bonchev–Trinajstić information content (AvgIpc) is 3.15. The lowest BCUT2D eigenvalue weighted by Gasteiger charge is -2.15. The molecule has 0 spiro atoms. The molecule has 3 rings (SSSR count). The molecule has 0 unspecified atom stereocenters. The minimum Gasteiger partial charge on any atom is -0.494 e. The van der Waals surface area contributed by atoms with Crippen molar-refractivity contribution in [3.05, 3.63) is 24.3 Å². The summed E-state index contributed by atoms with van der Waals surface area (Å²) in [5.74, 6) is 0.446. The van der Waals surface area contributed by atoms with Crippen LogP contribution in [0.3, 0.4) is 0 Å². The van der Waals surface area contributed by atoms with Crippen LogP contribution in [-0.4, -0.2) is 43.7 Å². The number of nitrogens with zero attached hydrogens (tertiary/aromatic N) is 1. The van der Waals surface area contributed by atoms with Gasteiger partial charge in [-0.15, -0.1) is 0 Å². The van der Waals surface area contributed by atoms with E-state index in [0.29, 0.717) is 12.3 Å². The van der Waals surface area contributed by atoms with Crippen LogP contribution in [0, 0.1) is 0 Å². The number of quaternary nitrogens is 1. The highest BCUT2D eigenvalue weighted by atomic mass is 16.5. The number of carbonyl (C=O) groups excluding carboxylic acids is 2. The first-order valence-electron chi connectivity index (χ1n) is 8.23. The summed E-state index contributed by atoms with van der Waals surface area (Å²) >= 11 is 0. The van der Waals surface area contributed by atoms with Crippen molar-refractivity contribution in [2.75, 3.05) is 24.7 Å². The molecule has 6 heteroatoms. The first-order chi connectivity index (χ1) is 11.2. The molecule has 0 bridgehead atoms. The predicted octanol–water partition coefficient (Wildman–Crippen LogP) is 0.460. The van der Waals surface area contributed by atoms with Gasteiger partial charge in [0, 0.05) is 6.61 Å². The second kappa shape index (κ2) is 7.10. The Labute approximate surface area is 135 Å². The van der Waals surface area contributed by atoms with E-state index in [4.69, 9.17) is 9.47 Å². The van der Waals surface area contributed by atoms with E-state index in [0.717, 1.165) is 31.7 Å². The molecule has 2 amide bonds. The molecule has 124 valence electrons. The summed E-state index contributed by atoms with van der Waals surface area (Å²) in [4.78, 5) is 26.0. The van der Waals surface area contributed by atoms with E-state index < -0.39 is 0 Å². The normalized spacial score (nSPS) is 24.5. The molecule has 23 heavy (non-hydrogen) atoms. The zero-order valence-electron chi connectivity index (χ0n) is 13.4. The van der Waals surface area contributed by atoms with Gasteiger partial charge in [0.2, 0.25) is 5.91 Å². The largest absolute Gasteiger partial charge is 0.494 e. The van der Waals surface area contributed by atoms with E-state index in [1.54, 1.807) is 24.3 Å². The summed E-state index contributed by atoms with van der Waals surface area (Å²) < 4.78 is 11.0. The van der Waals surface area contributed by atoms with Crippen LogP contribution in [0.1, 0.15) is 26.2 Å². The lowest BCUT2D eigenvalue weighted by atomic mass is 10.2.